The fraction of sp³-hybridized carbons (Fsp3) is 0.368. The molecule has 0 bridgehead atoms. The van der Waals surface area contributed by atoms with E-state index < -0.39 is 0 Å². The molecule has 0 saturated heterocycles. The van der Waals surface area contributed by atoms with E-state index in [1.165, 1.54) is 28.7 Å². The molecule has 1 N–H and O–H groups in total. The van der Waals surface area contributed by atoms with Crippen molar-refractivity contribution in [2.75, 3.05) is 6.54 Å². The molecule has 0 fully saturated rings. The van der Waals surface area contributed by atoms with Crippen molar-refractivity contribution in [1.82, 2.24) is 5.32 Å². The topological polar surface area (TPSA) is 12.0 Å². The highest BCUT2D eigenvalue weighted by atomic mass is 14.8. The van der Waals surface area contributed by atoms with Crippen LogP contribution in [0, 0.1) is 13.8 Å². The first kappa shape index (κ1) is 14.8. The zero-order valence-electron chi connectivity index (χ0n) is 12.8. The first-order valence-electron chi connectivity index (χ1n) is 7.49. The minimum atomic E-state index is 0.613. The van der Waals surface area contributed by atoms with Gasteiger partial charge in [-0.15, -0.1) is 0 Å². The Morgan fingerprint density at radius 2 is 1.70 bits per heavy atom. The summed E-state index contributed by atoms with van der Waals surface area (Å²) >= 11 is 0. The van der Waals surface area contributed by atoms with Crippen LogP contribution in [-0.2, 0) is 6.54 Å². The number of aryl methyl sites for hydroxylation is 1. The molecule has 0 radical (unpaired) electrons. The molecule has 1 heteroatoms. The Bertz CT molecular complexity index is 531. The van der Waals surface area contributed by atoms with Gasteiger partial charge in [-0.3, -0.25) is 0 Å². The molecular formula is C19H25N. The molecule has 2 aromatic carbocycles. The molecule has 1 nitrogen and oxygen atoms in total. The van der Waals surface area contributed by atoms with E-state index in [0.29, 0.717) is 5.92 Å². The van der Waals surface area contributed by atoms with Gasteiger partial charge in [0.25, 0.3) is 0 Å². The first-order chi connectivity index (χ1) is 9.68. The van der Waals surface area contributed by atoms with Crippen molar-refractivity contribution in [3.63, 3.8) is 0 Å². The van der Waals surface area contributed by atoms with Gasteiger partial charge in [0.1, 0.15) is 0 Å². The first-order valence-corrected chi connectivity index (χ1v) is 7.49. The molecule has 20 heavy (non-hydrogen) atoms. The van der Waals surface area contributed by atoms with Crippen LogP contribution in [0.5, 0.6) is 0 Å². The number of hydrogen-bond acceptors (Lipinski definition) is 1. The van der Waals surface area contributed by atoms with Crippen molar-refractivity contribution < 1.29 is 0 Å². The Morgan fingerprint density at radius 3 is 2.45 bits per heavy atom. The van der Waals surface area contributed by atoms with Crippen molar-refractivity contribution in [2.45, 2.75) is 39.7 Å². The van der Waals surface area contributed by atoms with Crippen molar-refractivity contribution in [1.29, 1.82) is 0 Å². The Morgan fingerprint density at radius 1 is 0.950 bits per heavy atom. The SMILES string of the molecule is Cc1cccc(CNCCC(C)c2ccccc2)c1C. The van der Waals surface area contributed by atoms with E-state index in [2.05, 4.69) is 74.6 Å². The second kappa shape index (κ2) is 7.25. The zero-order valence-corrected chi connectivity index (χ0v) is 12.8. The van der Waals surface area contributed by atoms with Crippen LogP contribution >= 0.6 is 0 Å². The van der Waals surface area contributed by atoms with Gasteiger partial charge < -0.3 is 5.32 Å². The van der Waals surface area contributed by atoms with E-state index in [0.717, 1.165) is 13.1 Å². The largest absolute Gasteiger partial charge is 0.313 e. The Hall–Kier alpha value is -1.60. The van der Waals surface area contributed by atoms with Crippen molar-refractivity contribution in [3.8, 4) is 0 Å². The van der Waals surface area contributed by atoms with Gasteiger partial charge >= 0.3 is 0 Å². The van der Waals surface area contributed by atoms with Crippen LogP contribution in [0.15, 0.2) is 48.5 Å². The molecule has 0 aliphatic rings. The fourth-order valence-electron chi connectivity index (χ4n) is 2.49. The molecule has 1 unspecified atom stereocenters. The van der Waals surface area contributed by atoms with E-state index in [1.807, 2.05) is 0 Å². The van der Waals surface area contributed by atoms with Gasteiger partial charge in [-0.05, 0) is 55.0 Å². The van der Waals surface area contributed by atoms with E-state index in [-0.39, 0.29) is 0 Å². The lowest BCUT2D eigenvalue weighted by Crippen LogP contribution is -2.17. The maximum atomic E-state index is 3.57. The van der Waals surface area contributed by atoms with Crippen LogP contribution in [-0.4, -0.2) is 6.54 Å². The smallest absolute Gasteiger partial charge is 0.0208 e. The minimum absolute atomic E-state index is 0.613. The van der Waals surface area contributed by atoms with E-state index in [4.69, 9.17) is 0 Å². The third-order valence-electron chi connectivity index (χ3n) is 4.15. The van der Waals surface area contributed by atoms with Gasteiger partial charge in [0, 0.05) is 6.54 Å². The van der Waals surface area contributed by atoms with Crippen molar-refractivity contribution in [3.05, 3.63) is 70.8 Å². The molecule has 0 aromatic heterocycles. The van der Waals surface area contributed by atoms with Gasteiger partial charge in [-0.25, -0.2) is 0 Å². The summed E-state index contributed by atoms with van der Waals surface area (Å²) in [5.41, 5.74) is 5.64. The molecule has 0 aliphatic heterocycles. The van der Waals surface area contributed by atoms with Crippen LogP contribution in [0.3, 0.4) is 0 Å². The highest BCUT2D eigenvalue weighted by Crippen LogP contribution is 2.18. The predicted octanol–water partition coefficient (Wildman–Crippen LogP) is 4.59. The molecular weight excluding hydrogens is 242 g/mol. The maximum absolute atomic E-state index is 3.57. The second-order valence-corrected chi connectivity index (χ2v) is 5.64. The number of nitrogens with one attached hydrogen (secondary N) is 1. The lowest BCUT2D eigenvalue weighted by Gasteiger charge is -2.13. The van der Waals surface area contributed by atoms with E-state index >= 15 is 0 Å². The molecule has 106 valence electrons. The summed E-state index contributed by atoms with van der Waals surface area (Å²) in [7, 11) is 0. The van der Waals surface area contributed by atoms with Crippen LogP contribution in [0.2, 0.25) is 0 Å². The van der Waals surface area contributed by atoms with Gasteiger partial charge in [-0.1, -0.05) is 55.5 Å². The number of benzene rings is 2. The summed E-state index contributed by atoms with van der Waals surface area (Å²) in [6, 6.07) is 17.3. The lowest BCUT2D eigenvalue weighted by molar-refractivity contribution is 0.593. The lowest BCUT2D eigenvalue weighted by atomic mass is 9.98. The predicted molar refractivity (Wildman–Crippen MR) is 87.1 cm³/mol. The molecule has 0 saturated carbocycles. The zero-order chi connectivity index (χ0) is 14.4. The van der Waals surface area contributed by atoms with Gasteiger partial charge in [0.15, 0.2) is 0 Å². The number of hydrogen-bond donors (Lipinski definition) is 1. The molecule has 1 atom stereocenters. The van der Waals surface area contributed by atoms with Crippen LogP contribution in [0.1, 0.15) is 41.5 Å². The highest BCUT2D eigenvalue weighted by Gasteiger charge is 2.05. The van der Waals surface area contributed by atoms with Gasteiger partial charge in [0.2, 0.25) is 0 Å². The molecule has 0 heterocycles. The highest BCUT2D eigenvalue weighted by molar-refractivity contribution is 5.32. The summed E-state index contributed by atoms with van der Waals surface area (Å²) in [6.07, 6.45) is 1.18. The molecule has 0 amide bonds. The van der Waals surface area contributed by atoms with Crippen molar-refractivity contribution in [2.24, 2.45) is 0 Å². The third-order valence-corrected chi connectivity index (χ3v) is 4.15. The van der Waals surface area contributed by atoms with Crippen molar-refractivity contribution >= 4 is 0 Å². The Balaban J connectivity index is 1.78. The average molecular weight is 267 g/mol. The molecule has 0 aliphatic carbocycles. The van der Waals surface area contributed by atoms with Crippen LogP contribution in [0.25, 0.3) is 0 Å². The van der Waals surface area contributed by atoms with Gasteiger partial charge in [-0.2, -0.15) is 0 Å². The summed E-state index contributed by atoms with van der Waals surface area (Å²) in [4.78, 5) is 0. The van der Waals surface area contributed by atoms with E-state index in [9.17, 15) is 0 Å². The standard InChI is InChI=1S/C19H25N/c1-15-8-7-11-19(17(15)3)14-20-13-12-16(2)18-9-5-4-6-10-18/h4-11,16,20H,12-14H2,1-3H3. The molecule has 2 aromatic rings. The Labute approximate surface area is 123 Å². The summed E-state index contributed by atoms with van der Waals surface area (Å²) in [5, 5.41) is 3.57. The number of rotatable bonds is 6. The van der Waals surface area contributed by atoms with Crippen LogP contribution in [0.4, 0.5) is 0 Å². The average Bonchev–Trinajstić information content (AvgIpc) is 2.48. The second-order valence-electron chi connectivity index (χ2n) is 5.64. The fourth-order valence-corrected chi connectivity index (χ4v) is 2.49. The van der Waals surface area contributed by atoms with Crippen LogP contribution < -0.4 is 5.32 Å². The molecule has 2 rings (SSSR count). The molecule has 0 spiro atoms. The Kier molecular flexibility index (Phi) is 5.37. The van der Waals surface area contributed by atoms with E-state index in [1.54, 1.807) is 0 Å². The maximum Gasteiger partial charge on any atom is 0.0208 e. The summed E-state index contributed by atoms with van der Waals surface area (Å²) < 4.78 is 0. The van der Waals surface area contributed by atoms with Gasteiger partial charge in [0.05, 0.1) is 0 Å². The summed E-state index contributed by atoms with van der Waals surface area (Å²) in [5.74, 6) is 0.613. The minimum Gasteiger partial charge on any atom is -0.313 e. The third kappa shape index (κ3) is 3.94. The quantitative estimate of drug-likeness (QED) is 0.755. The normalized spacial score (nSPS) is 12.3. The monoisotopic (exact) mass is 267 g/mol. The summed E-state index contributed by atoms with van der Waals surface area (Å²) in [6.45, 7) is 8.71.